The summed E-state index contributed by atoms with van der Waals surface area (Å²) in [6.07, 6.45) is 32.6. The Morgan fingerprint density at radius 2 is 0.698 bits per heavy atom. The molecule has 0 aliphatic rings. The molecule has 0 heterocycles. The molecule has 0 radical (unpaired) electrons. The van der Waals surface area contributed by atoms with E-state index in [0.29, 0.717) is 43.4 Å². The molecule has 7 heteroatoms. The molecule has 0 rings (SSSR count). The Hall–Kier alpha value is -1.89. The van der Waals surface area contributed by atoms with Gasteiger partial charge in [0.25, 0.3) is 0 Å². The van der Waals surface area contributed by atoms with E-state index >= 15 is 0 Å². The van der Waals surface area contributed by atoms with Gasteiger partial charge in [-0.25, -0.2) is 0 Å². The molecule has 0 aromatic carbocycles. The van der Waals surface area contributed by atoms with Gasteiger partial charge >= 0.3 is 17.9 Å². The average molecular weight is 611 g/mol. The van der Waals surface area contributed by atoms with Crippen molar-refractivity contribution in [3.8, 4) is 0 Å². The average Bonchev–Trinajstić information content (AvgIpc) is 2.95. The first-order valence-corrected chi connectivity index (χ1v) is 18.0. The Kier molecular flexibility index (Phi) is 28.8. The monoisotopic (exact) mass is 611 g/mol. The Morgan fingerprint density at radius 3 is 1.02 bits per heavy atom. The summed E-state index contributed by atoms with van der Waals surface area (Å²) in [5.74, 6) is -2.47. The molecular formula is C36H68NO6+. The van der Waals surface area contributed by atoms with Crippen LogP contribution in [0.1, 0.15) is 174 Å². The summed E-state index contributed by atoms with van der Waals surface area (Å²) in [4.78, 5) is 33.3. The van der Waals surface area contributed by atoms with Crippen LogP contribution < -0.4 is 0 Å². The maximum Gasteiger partial charge on any atom is 0.303 e. The summed E-state index contributed by atoms with van der Waals surface area (Å²) in [5, 5.41) is 27.3. The first-order chi connectivity index (χ1) is 20.8. The SMILES string of the molecule is CCCCCCC/C=C/CCCCCCCCCCCCCCC[N+](CCCC(=O)O)(CCCC(=O)O)CCCC(=O)O. The Labute approximate surface area is 264 Å². The number of rotatable bonds is 34. The van der Waals surface area contributed by atoms with Crippen LogP contribution in [0, 0.1) is 0 Å². The molecule has 0 saturated heterocycles. The van der Waals surface area contributed by atoms with Gasteiger partial charge in [0.2, 0.25) is 0 Å². The summed E-state index contributed by atoms with van der Waals surface area (Å²) in [6.45, 7) is 5.14. The number of carbonyl (C=O) groups is 3. The number of carboxylic acids is 3. The fourth-order valence-corrected chi connectivity index (χ4v) is 6.12. The highest BCUT2D eigenvalue weighted by molar-refractivity contribution is 5.67. The van der Waals surface area contributed by atoms with Crippen LogP contribution in [0.25, 0.3) is 0 Å². The minimum atomic E-state index is -0.823. The van der Waals surface area contributed by atoms with E-state index in [0.717, 1.165) is 19.4 Å². The predicted octanol–water partition coefficient (Wildman–Crippen LogP) is 9.78. The summed E-state index contributed by atoms with van der Waals surface area (Å²) >= 11 is 0. The third-order valence-electron chi connectivity index (χ3n) is 8.71. The van der Waals surface area contributed by atoms with Gasteiger partial charge in [0.05, 0.1) is 45.4 Å². The van der Waals surface area contributed by atoms with Crippen molar-refractivity contribution in [2.75, 3.05) is 26.2 Å². The van der Waals surface area contributed by atoms with Gasteiger partial charge < -0.3 is 19.8 Å². The molecule has 0 fully saturated rings. The van der Waals surface area contributed by atoms with Crippen molar-refractivity contribution >= 4 is 17.9 Å². The lowest BCUT2D eigenvalue weighted by molar-refractivity contribution is -0.929. The van der Waals surface area contributed by atoms with Crippen LogP contribution in [0.4, 0.5) is 0 Å². The molecule has 3 N–H and O–H groups in total. The quantitative estimate of drug-likeness (QED) is 0.0380. The molecular weight excluding hydrogens is 542 g/mol. The smallest absolute Gasteiger partial charge is 0.303 e. The number of aliphatic carboxylic acids is 3. The van der Waals surface area contributed by atoms with E-state index in [4.69, 9.17) is 15.3 Å². The number of carboxylic acid groups (broad SMARTS) is 3. The lowest BCUT2D eigenvalue weighted by Crippen LogP contribution is -2.51. The second kappa shape index (κ2) is 30.1. The number of allylic oxidation sites excluding steroid dienone is 2. The van der Waals surface area contributed by atoms with Crippen molar-refractivity contribution in [2.45, 2.75) is 174 Å². The van der Waals surface area contributed by atoms with E-state index in [9.17, 15) is 14.4 Å². The second-order valence-electron chi connectivity index (χ2n) is 12.8. The second-order valence-corrected chi connectivity index (χ2v) is 12.8. The van der Waals surface area contributed by atoms with Crippen molar-refractivity contribution < 1.29 is 34.2 Å². The summed E-state index contributed by atoms with van der Waals surface area (Å²) in [7, 11) is 0. The standard InChI is InChI=1S/C36H67NO6/c1-2-3-4-5-6-7-8-9-10-11-12-13-14-15-16-17-18-19-20-21-22-23-30-37(31-24-27-34(38)39,32-25-28-35(40)41)33-26-29-36(42)43/h8-9H,2-7,10-33H2,1H3,(H2-,38,39,40,41,42,43)/p+1/b9-8+. The molecule has 43 heavy (non-hydrogen) atoms. The van der Waals surface area contributed by atoms with Crippen molar-refractivity contribution in [1.29, 1.82) is 0 Å². The number of quaternary nitrogens is 1. The van der Waals surface area contributed by atoms with Gasteiger partial charge in [-0.2, -0.15) is 0 Å². The van der Waals surface area contributed by atoms with Crippen molar-refractivity contribution in [3.63, 3.8) is 0 Å². The fraction of sp³-hybridized carbons (Fsp3) is 0.861. The van der Waals surface area contributed by atoms with Crippen LogP contribution in [0.3, 0.4) is 0 Å². The van der Waals surface area contributed by atoms with E-state index < -0.39 is 17.9 Å². The van der Waals surface area contributed by atoms with Gasteiger partial charge in [0.1, 0.15) is 0 Å². The van der Waals surface area contributed by atoms with Gasteiger partial charge in [-0.1, -0.05) is 109 Å². The molecule has 252 valence electrons. The third kappa shape index (κ3) is 29.9. The highest BCUT2D eigenvalue weighted by Gasteiger charge is 2.27. The molecule has 0 unspecified atom stereocenters. The number of hydrogen-bond donors (Lipinski definition) is 3. The molecule has 0 spiro atoms. The minimum absolute atomic E-state index is 0.0921. The Balaban J connectivity index is 3.99. The molecule has 0 atom stereocenters. The van der Waals surface area contributed by atoms with Gasteiger partial charge in [-0.05, 0) is 38.5 Å². The molecule has 7 nitrogen and oxygen atoms in total. The third-order valence-corrected chi connectivity index (χ3v) is 8.71. The van der Waals surface area contributed by atoms with Crippen molar-refractivity contribution in [3.05, 3.63) is 12.2 Å². The lowest BCUT2D eigenvalue weighted by Gasteiger charge is -2.39. The zero-order chi connectivity index (χ0) is 31.9. The van der Waals surface area contributed by atoms with Gasteiger partial charge in [0.15, 0.2) is 0 Å². The van der Waals surface area contributed by atoms with Gasteiger partial charge in [-0.15, -0.1) is 0 Å². The highest BCUT2D eigenvalue weighted by Crippen LogP contribution is 2.19. The zero-order valence-electron chi connectivity index (χ0n) is 27.9. The lowest BCUT2D eigenvalue weighted by atomic mass is 10.0. The molecule has 0 aromatic rings. The minimum Gasteiger partial charge on any atom is -0.481 e. The topological polar surface area (TPSA) is 112 Å². The predicted molar refractivity (Wildman–Crippen MR) is 177 cm³/mol. The van der Waals surface area contributed by atoms with E-state index in [2.05, 4.69) is 19.1 Å². The first-order valence-electron chi connectivity index (χ1n) is 18.0. The maximum atomic E-state index is 11.1. The van der Waals surface area contributed by atoms with Gasteiger partial charge in [0, 0.05) is 19.3 Å². The van der Waals surface area contributed by atoms with E-state index in [1.165, 1.54) is 116 Å². The van der Waals surface area contributed by atoms with Crippen LogP contribution in [0.2, 0.25) is 0 Å². The molecule has 0 amide bonds. The normalized spacial score (nSPS) is 11.8. The number of nitrogens with zero attached hydrogens (tertiary/aromatic N) is 1. The zero-order valence-corrected chi connectivity index (χ0v) is 27.9. The molecule has 0 aromatic heterocycles. The molecule has 0 saturated carbocycles. The van der Waals surface area contributed by atoms with Crippen LogP contribution in [0.15, 0.2) is 12.2 Å². The first kappa shape index (κ1) is 41.1. The van der Waals surface area contributed by atoms with Gasteiger partial charge in [-0.3, -0.25) is 14.4 Å². The van der Waals surface area contributed by atoms with E-state index in [1.54, 1.807) is 0 Å². The Bertz CT molecular complexity index is 658. The Morgan fingerprint density at radius 1 is 0.419 bits per heavy atom. The van der Waals surface area contributed by atoms with Crippen molar-refractivity contribution in [1.82, 2.24) is 0 Å². The highest BCUT2D eigenvalue weighted by atomic mass is 16.4. The van der Waals surface area contributed by atoms with Crippen LogP contribution in [0.5, 0.6) is 0 Å². The largest absolute Gasteiger partial charge is 0.481 e. The van der Waals surface area contributed by atoms with E-state index in [-0.39, 0.29) is 19.3 Å². The van der Waals surface area contributed by atoms with Crippen molar-refractivity contribution in [2.24, 2.45) is 0 Å². The number of hydrogen-bond acceptors (Lipinski definition) is 3. The molecule has 0 aliphatic heterocycles. The summed E-state index contributed by atoms with van der Waals surface area (Å²) in [5.41, 5.74) is 0. The van der Waals surface area contributed by atoms with Crippen LogP contribution in [-0.2, 0) is 14.4 Å². The molecule has 0 aliphatic carbocycles. The van der Waals surface area contributed by atoms with Crippen LogP contribution in [-0.4, -0.2) is 63.9 Å². The summed E-state index contributed by atoms with van der Waals surface area (Å²) in [6, 6.07) is 0. The summed E-state index contributed by atoms with van der Waals surface area (Å²) < 4.78 is 0.643. The maximum absolute atomic E-state index is 11.1. The van der Waals surface area contributed by atoms with Crippen LogP contribution >= 0.6 is 0 Å². The molecule has 0 bridgehead atoms. The fourth-order valence-electron chi connectivity index (χ4n) is 6.12. The number of unbranched alkanes of at least 4 members (excludes halogenated alkanes) is 18. The van der Waals surface area contributed by atoms with E-state index in [1.807, 2.05) is 0 Å².